The first kappa shape index (κ1) is 9.13. The summed E-state index contributed by atoms with van der Waals surface area (Å²) < 4.78 is 11.0. The highest BCUT2D eigenvalue weighted by Crippen LogP contribution is 2.27. The van der Waals surface area contributed by atoms with Crippen LogP contribution in [0.2, 0.25) is 0 Å². The Morgan fingerprint density at radius 2 is 2.00 bits per heavy atom. The van der Waals surface area contributed by atoms with E-state index in [9.17, 15) is 0 Å². The van der Waals surface area contributed by atoms with Crippen LogP contribution in [0.4, 0.5) is 0 Å². The van der Waals surface area contributed by atoms with Gasteiger partial charge in [0.25, 0.3) is 0 Å². The van der Waals surface area contributed by atoms with E-state index in [1.165, 1.54) is 0 Å². The minimum absolute atomic E-state index is 0.185. The van der Waals surface area contributed by atoms with Crippen LogP contribution in [0.3, 0.4) is 0 Å². The molecule has 1 aromatic rings. The normalized spacial score (nSPS) is 23.8. The lowest BCUT2D eigenvalue weighted by Crippen LogP contribution is -2.40. The summed E-state index contributed by atoms with van der Waals surface area (Å²) in [6, 6.07) is 9.80. The molecule has 1 aliphatic heterocycles. The second-order valence-electron chi connectivity index (χ2n) is 3.44. The molecule has 0 fully saturated rings. The summed E-state index contributed by atoms with van der Waals surface area (Å²) in [6.07, 6.45) is 4.71. The number of para-hydroxylation sites is 1. The molecule has 2 rings (SSSR count). The Labute approximate surface area is 84.2 Å². The summed E-state index contributed by atoms with van der Waals surface area (Å²) in [6.45, 7) is 2.68. The van der Waals surface area contributed by atoms with Gasteiger partial charge in [0.1, 0.15) is 12.4 Å². The van der Waals surface area contributed by atoms with E-state index in [1.54, 1.807) is 6.26 Å². The van der Waals surface area contributed by atoms with Crippen LogP contribution in [0.25, 0.3) is 0 Å². The molecule has 0 saturated heterocycles. The molecule has 1 atom stereocenters. The van der Waals surface area contributed by atoms with Gasteiger partial charge in [-0.25, -0.2) is 0 Å². The van der Waals surface area contributed by atoms with Crippen LogP contribution >= 0.6 is 0 Å². The number of hydrogen-bond donors (Lipinski definition) is 0. The van der Waals surface area contributed by atoms with E-state index in [0.29, 0.717) is 6.61 Å². The summed E-state index contributed by atoms with van der Waals surface area (Å²) in [7, 11) is 0. The summed E-state index contributed by atoms with van der Waals surface area (Å²) in [5.41, 5.74) is -0.185. The van der Waals surface area contributed by atoms with Gasteiger partial charge >= 0.3 is 0 Å². The highest BCUT2D eigenvalue weighted by molar-refractivity contribution is 5.22. The predicted molar refractivity (Wildman–Crippen MR) is 55.2 cm³/mol. The Bertz CT molecular complexity index is 318. The fraction of sp³-hybridized carbons (Fsp3) is 0.333. The number of ether oxygens (including phenoxy) is 2. The highest BCUT2D eigenvalue weighted by atomic mass is 16.5. The second-order valence-corrected chi connectivity index (χ2v) is 3.44. The van der Waals surface area contributed by atoms with Gasteiger partial charge in [0, 0.05) is 0 Å². The molecule has 1 aromatic carbocycles. The van der Waals surface area contributed by atoms with Crippen molar-refractivity contribution >= 4 is 0 Å². The Kier molecular flexibility index (Phi) is 2.44. The maximum atomic E-state index is 5.63. The first-order valence-electron chi connectivity index (χ1n) is 4.88. The summed E-state index contributed by atoms with van der Waals surface area (Å²) in [5, 5.41) is 0. The first-order chi connectivity index (χ1) is 6.85. The Morgan fingerprint density at radius 3 is 2.50 bits per heavy atom. The monoisotopic (exact) mass is 190 g/mol. The minimum atomic E-state index is -0.185. The van der Waals surface area contributed by atoms with Gasteiger partial charge in [0.15, 0.2) is 5.60 Å². The maximum Gasteiger partial charge on any atom is 0.163 e. The van der Waals surface area contributed by atoms with E-state index < -0.39 is 0 Å². The number of rotatable bonds is 4. The van der Waals surface area contributed by atoms with E-state index in [0.717, 1.165) is 12.2 Å². The SMILES string of the molecule is CCC1(COc2ccccc2)C=CO1. The van der Waals surface area contributed by atoms with E-state index >= 15 is 0 Å². The molecule has 2 heteroatoms. The molecule has 0 amide bonds. The Morgan fingerprint density at radius 1 is 1.29 bits per heavy atom. The molecule has 1 aliphatic rings. The summed E-state index contributed by atoms with van der Waals surface area (Å²) in [5.74, 6) is 0.893. The molecule has 0 saturated carbocycles. The third-order valence-corrected chi connectivity index (χ3v) is 2.50. The zero-order valence-electron chi connectivity index (χ0n) is 8.27. The van der Waals surface area contributed by atoms with E-state index in [1.807, 2.05) is 30.3 Å². The number of benzene rings is 1. The topological polar surface area (TPSA) is 18.5 Å². The average molecular weight is 190 g/mol. The van der Waals surface area contributed by atoms with Gasteiger partial charge in [-0.1, -0.05) is 25.1 Å². The molecule has 2 nitrogen and oxygen atoms in total. The third-order valence-electron chi connectivity index (χ3n) is 2.50. The van der Waals surface area contributed by atoms with Crippen molar-refractivity contribution in [1.82, 2.24) is 0 Å². The molecule has 1 heterocycles. The highest BCUT2D eigenvalue weighted by Gasteiger charge is 2.32. The van der Waals surface area contributed by atoms with Crippen LogP contribution in [-0.2, 0) is 4.74 Å². The van der Waals surface area contributed by atoms with Crippen LogP contribution in [0, 0.1) is 0 Å². The maximum absolute atomic E-state index is 5.63. The molecule has 0 aliphatic carbocycles. The molecule has 74 valence electrons. The lowest BCUT2D eigenvalue weighted by Gasteiger charge is -2.34. The first-order valence-corrected chi connectivity index (χ1v) is 4.88. The van der Waals surface area contributed by atoms with Gasteiger partial charge in [-0.3, -0.25) is 0 Å². The quantitative estimate of drug-likeness (QED) is 0.726. The van der Waals surface area contributed by atoms with Crippen LogP contribution in [-0.4, -0.2) is 12.2 Å². The standard InChI is InChI=1S/C12H14O2/c1-2-12(8-9-14-12)10-13-11-6-4-3-5-7-11/h3-9H,2,10H2,1H3. The minimum Gasteiger partial charge on any atom is -0.489 e. The molecule has 0 aromatic heterocycles. The zero-order chi connectivity index (χ0) is 9.86. The van der Waals surface area contributed by atoms with Crippen molar-refractivity contribution in [3.63, 3.8) is 0 Å². The Balaban J connectivity index is 1.91. The van der Waals surface area contributed by atoms with Gasteiger partial charge in [-0.15, -0.1) is 0 Å². The zero-order valence-corrected chi connectivity index (χ0v) is 8.27. The fourth-order valence-corrected chi connectivity index (χ4v) is 1.37. The smallest absolute Gasteiger partial charge is 0.163 e. The molecule has 1 unspecified atom stereocenters. The number of hydrogen-bond acceptors (Lipinski definition) is 2. The molecular weight excluding hydrogens is 176 g/mol. The van der Waals surface area contributed by atoms with E-state index in [4.69, 9.17) is 9.47 Å². The van der Waals surface area contributed by atoms with Crippen molar-refractivity contribution in [3.8, 4) is 5.75 Å². The van der Waals surface area contributed by atoms with Gasteiger partial charge in [-0.05, 0) is 24.6 Å². The van der Waals surface area contributed by atoms with E-state index in [-0.39, 0.29) is 5.60 Å². The fourth-order valence-electron chi connectivity index (χ4n) is 1.37. The van der Waals surface area contributed by atoms with Gasteiger partial charge in [0.05, 0.1) is 6.26 Å². The summed E-state index contributed by atoms with van der Waals surface area (Å²) in [4.78, 5) is 0. The molecule has 0 bridgehead atoms. The average Bonchev–Trinajstić information content (AvgIpc) is 2.19. The van der Waals surface area contributed by atoms with Crippen LogP contribution in [0.1, 0.15) is 13.3 Å². The molecule has 0 radical (unpaired) electrons. The largest absolute Gasteiger partial charge is 0.489 e. The van der Waals surface area contributed by atoms with Crippen molar-refractivity contribution in [2.24, 2.45) is 0 Å². The van der Waals surface area contributed by atoms with Crippen molar-refractivity contribution in [2.75, 3.05) is 6.61 Å². The van der Waals surface area contributed by atoms with E-state index in [2.05, 4.69) is 13.0 Å². The third kappa shape index (κ3) is 1.74. The molecule has 0 spiro atoms. The van der Waals surface area contributed by atoms with Crippen molar-refractivity contribution in [2.45, 2.75) is 18.9 Å². The lowest BCUT2D eigenvalue weighted by molar-refractivity contribution is -0.0177. The van der Waals surface area contributed by atoms with Crippen molar-refractivity contribution in [3.05, 3.63) is 42.7 Å². The van der Waals surface area contributed by atoms with Gasteiger partial charge in [-0.2, -0.15) is 0 Å². The Hall–Kier alpha value is -1.44. The molecule has 14 heavy (non-hydrogen) atoms. The van der Waals surface area contributed by atoms with Gasteiger partial charge in [0.2, 0.25) is 0 Å². The summed E-state index contributed by atoms with van der Waals surface area (Å²) >= 11 is 0. The van der Waals surface area contributed by atoms with Gasteiger partial charge < -0.3 is 9.47 Å². The van der Waals surface area contributed by atoms with Crippen LogP contribution < -0.4 is 4.74 Å². The van der Waals surface area contributed by atoms with Crippen LogP contribution in [0.5, 0.6) is 5.75 Å². The predicted octanol–water partition coefficient (Wildman–Crippen LogP) is 2.76. The second kappa shape index (κ2) is 3.74. The van der Waals surface area contributed by atoms with Crippen molar-refractivity contribution in [1.29, 1.82) is 0 Å². The lowest BCUT2D eigenvalue weighted by atomic mass is 9.99. The van der Waals surface area contributed by atoms with Crippen molar-refractivity contribution < 1.29 is 9.47 Å². The van der Waals surface area contributed by atoms with Crippen LogP contribution in [0.15, 0.2) is 42.7 Å². The molecule has 0 N–H and O–H groups in total. The molecular formula is C12H14O2.